The van der Waals surface area contributed by atoms with E-state index in [2.05, 4.69) is 52.0 Å². The van der Waals surface area contributed by atoms with Crippen LogP contribution in [0.25, 0.3) is 11.0 Å². The maximum Gasteiger partial charge on any atom is 0.404 e. The lowest BCUT2D eigenvalue weighted by atomic mass is 10.1. The molecule has 4 aromatic rings. The van der Waals surface area contributed by atoms with Crippen molar-refractivity contribution in [1.29, 1.82) is 0 Å². The Hall–Kier alpha value is -4.11. The molecule has 0 spiro atoms. The molecule has 5 rings (SSSR count). The van der Waals surface area contributed by atoms with Crippen LogP contribution in [-0.4, -0.2) is 57.8 Å². The van der Waals surface area contributed by atoms with E-state index < -0.39 is 6.09 Å². The number of nitrogens with one attached hydrogen (secondary N) is 1. The number of hydrogen-bond donors (Lipinski definition) is 2. The number of piperidine rings is 1. The molecule has 1 fully saturated rings. The zero-order valence-corrected chi connectivity index (χ0v) is 22.6. The van der Waals surface area contributed by atoms with Gasteiger partial charge in [0, 0.05) is 31.4 Å². The van der Waals surface area contributed by atoms with Gasteiger partial charge < -0.3 is 25.1 Å². The summed E-state index contributed by atoms with van der Waals surface area (Å²) < 4.78 is 13.4. The molecule has 0 bridgehead atoms. The molecule has 0 atom stereocenters. The molecule has 204 valence electrons. The zero-order chi connectivity index (χ0) is 27.2. The third-order valence-electron chi connectivity index (χ3n) is 7.17. The first-order valence-corrected chi connectivity index (χ1v) is 13.5. The summed E-state index contributed by atoms with van der Waals surface area (Å²) in [6.07, 6.45) is 1.21. The van der Waals surface area contributed by atoms with Crippen LogP contribution >= 0.6 is 0 Å². The van der Waals surface area contributed by atoms with Gasteiger partial charge in [-0.25, -0.2) is 9.78 Å². The topological polar surface area (TPSA) is 108 Å². The second-order valence-electron chi connectivity index (χ2n) is 10.1. The van der Waals surface area contributed by atoms with Crippen molar-refractivity contribution in [2.75, 3.05) is 31.6 Å². The lowest BCUT2D eigenvalue weighted by Gasteiger charge is -2.32. The van der Waals surface area contributed by atoms with Gasteiger partial charge in [0.15, 0.2) is 0 Å². The van der Waals surface area contributed by atoms with Gasteiger partial charge in [-0.1, -0.05) is 42.5 Å². The number of imidazole rings is 1. The van der Waals surface area contributed by atoms with Gasteiger partial charge >= 0.3 is 6.09 Å². The van der Waals surface area contributed by atoms with Crippen LogP contribution in [0.2, 0.25) is 0 Å². The highest BCUT2D eigenvalue weighted by atomic mass is 16.5. The van der Waals surface area contributed by atoms with Gasteiger partial charge in [0.05, 0.1) is 17.6 Å². The fourth-order valence-electron chi connectivity index (χ4n) is 5.04. The highest BCUT2D eigenvalue weighted by molar-refractivity contribution is 5.82. The standard InChI is InChI=1S/C30H36N6O3/c1-21-7-6-10-26-28(21)34-30(33-24-13-15-35(16-14-24)17-18-38-29(31)37)36(26)19-25-27(12-11-22(2)32-25)39-20-23-8-4-3-5-9-23/h3-12,24H,13-20H2,1-2H3,(H2,31,37)(H,33,34). The Bertz CT molecular complexity index is 1410. The number of rotatable bonds is 10. The Kier molecular flexibility index (Phi) is 8.27. The van der Waals surface area contributed by atoms with Gasteiger partial charge in [-0.05, 0) is 56.0 Å². The molecule has 9 nitrogen and oxygen atoms in total. The van der Waals surface area contributed by atoms with Gasteiger partial charge in [-0.15, -0.1) is 0 Å². The van der Waals surface area contributed by atoms with Crippen molar-refractivity contribution in [3.8, 4) is 5.75 Å². The number of aromatic nitrogens is 3. The van der Waals surface area contributed by atoms with E-state index in [1.54, 1.807) is 0 Å². The maximum absolute atomic E-state index is 10.8. The summed E-state index contributed by atoms with van der Waals surface area (Å²) in [4.78, 5) is 23.1. The number of carbonyl (C=O) groups is 1. The zero-order valence-electron chi connectivity index (χ0n) is 22.6. The average molecular weight is 529 g/mol. The van der Waals surface area contributed by atoms with Crippen LogP contribution in [0.1, 0.15) is 35.4 Å². The minimum Gasteiger partial charge on any atom is -0.487 e. The van der Waals surface area contributed by atoms with Crippen LogP contribution in [0.3, 0.4) is 0 Å². The quantitative estimate of drug-likeness (QED) is 0.309. The van der Waals surface area contributed by atoms with Crippen LogP contribution in [0.5, 0.6) is 5.75 Å². The molecule has 1 amide bonds. The molecule has 0 radical (unpaired) electrons. The summed E-state index contributed by atoms with van der Waals surface area (Å²) in [5.74, 6) is 1.61. The van der Waals surface area contributed by atoms with E-state index in [0.717, 1.165) is 71.2 Å². The molecule has 3 heterocycles. The van der Waals surface area contributed by atoms with Crippen LogP contribution in [0.15, 0.2) is 60.7 Å². The summed E-state index contributed by atoms with van der Waals surface area (Å²) in [5.41, 5.74) is 11.2. The number of amides is 1. The molecule has 0 aliphatic carbocycles. The van der Waals surface area contributed by atoms with E-state index in [9.17, 15) is 4.79 Å². The van der Waals surface area contributed by atoms with Crippen molar-refractivity contribution in [1.82, 2.24) is 19.4 Å². The highest BCUT2D eigenvalue weighted by Crippen LogP contribution is 2.28. The third kappa shape index (κ3) is 6.67. The molecule has 3 N–H and O–H groups in total. The van der Waals surface area contributed by atoms with E-state index in [4.69, 9.17) is 25.2 Å². The summed E-state index contributed by atoms with van der Waals surface area (Å²) >= 11 is 0. The molecule has 1 aliphatic rings. The number of ether oxygens (including phenoxy) is 2. The first kappa shape index (κ1) is 26.5. The highest BCUT2D eigenvalue weighted by Gasteiger charge is 2.22. The lowest BCUT2D eigenvalue weighted by molar-refractivity contribution is 0.126. The van der Waals surface area contributed by atoms with Gasteiger partial charge in [-0.2, -0.15) is 0 Å². The fraction of sp³-hybridized carbons (Fsp3) is 0.367. The van der Waals surface area contributed by atoms with E-state index in [-0.39, 0.29) is 6.04 Å². The van der Waals surface area contributed by atoms with Gasteiger partial charge in [0.25, 0.3) is 0 Å². The van der Waals surface area contributed by atoms with Gasteiger partial charge in [-0.3, -0.25) is 9.88 Å². The predicted octanol–water partition coefficient (Wildman–Crippen LogP) is 4.65. The van der Waals surface area contributed by atoms with Crippen molar-refractivity contribution >= 4 is 23.1 Å². The number of benzene rings is 2. The predicted molar refractivity (Wildman–Crippen MR) is 152 cm³/mol. The first-order valence-electron chi connectivity index (χ1n) is 13.5. The smallest absolute Gasteiger partial charge is 0.404 e. The number of carbonyl (C=O) groups excluding carboxylic acids is 1. The number of para-hydroxylation sites is 1. The molecule has 9 heteroatoms. The Morgan fingerprint density at radius 2 is 1.82 bits per heavy atom. The maximum atomic E-state index is 10.8. The number of likely N-dealkylation sites (tertiary alicyclic amines) is 1. The number of nitrogens with two attached hydrogens (primary N) is 1. The number of nitrogens with zero attached hydrogens (tertiary/aromatic N) is 4. The molecular weight excluding hydrogens is 492 g/mol. The SMILES string of the molecule is Cc1ccc(OCc2ccccc2)c(Cn2c(NC3CCN(CCOC(N)=O)CC3)nc3c(C)cccc32)n1. The summed E-state index contributed by atoms with van der Waals surface area (Å²) in [7, 11) is 0. The number of aryl methyl sites for hydroxylation is 2. The third-order valence-corrected chi connectivity index (χ3v) is 7.17. The van der Waals surface area contributed by atoms with Crippen LogP contribution < -0.4 is 15.8 Å². The van der Waals surface area contributed by atoms with Crippen molar-refractivity contribution in [2.24, 2.45) is 5.73 Å². The number of anilines is 1. The second-order valence-corrected chi connectivity index (χ2v) is 10.1. The molecule has 2 aromatic carbocycles. The summed E-state index contributed by atoms with van der Waals surface area (Å²) in [6, 6.07) is 20.7. The molecule has 0 unspecified atom stereocenters. The first-order chi connectivity index (χ1) is 19.0. The van der Waals surface area contributed by atoms with Crippen molar-refractivity contribution in [2.45, 2.75) is 45.9 Å². The van der Waals surface area contributed by atoms with Gasteiger partial charge in [0.2, 0.25) is 5.95 Å². The monoisotopic (exact) mass is 528 g/mol. The minimum absolute atomic E-state index is 0.286. The Balaban J connectivity index is 1.35. The average Bonchev–Trinajstić information content (AvgIpc) is 3.27. The second kappa shape index (κ2) is 12.2. The van der Waals surface area contributed by atoms with Gasteiger partial charge in [0.1, 0.15) is 24.7 Å². The molecule has 1 saturated heterocycles. The van der Waals surface area contributed by atoms with Crippen molar-refractivity contribution in [3.63, 3.8) is 0 Å². The molecule has 0 saturated carbocycles. The van der Waals surface area contributed by atoms with E-state index >= 15 is 0 Å². The van der Waals surface area contributed by atoms with E-state index in [1.807, 2.05) is 37.3 Å². The summed E-state index contributed by atoms with van der Waals surface area (Å²) in [5, 5.41) is 3.72. The van der Waals surface area contributed by atoms with Crippen LogP contribution in [0.4, 0.5) is 10.7 Å². The number of fused-ring (bicyclic) bond motifs is 1. The normalized spacial score (nSPS) is 14.4. The van der Waals surface area contributed by atoms with Crippen molar-refractivity contribution in [3.05, 3.63) is 83.2 Å². The Morgan fingerprint density at radius 1 is 1.03 bits per heavy atom. The molecule has 2 aromatic heterocycles. The van der Waals surface area contributed by atoms with E-state index in [1.165, 1.54) is 0 Å². The number of hydrogen-bond acceptors (Lipinski definition) is 7. The lowest BCUT2D eigenvalue weighted by Crippen LogP contribution is -2.41. The molecular formula is C30H36N6O3. The van der Waals surface area contributed by atoms with E-state index in [0.29, 0.717) is 26.3 Å². The Labute approximate surface area is 228 Å². The minimum atomic E-state index is -0.725. The Morgan fingerprint density at radius 3 is 2.59 bits per heavy atom. The number of primary amides is 1. The molecule has 39 heavy (non-hydrogen) atoms. The summed E-state index contributed by atoms with van der Waals surface area (Å²) in [6.45, 7) is 7.95. The van der Waals surface area contributed by atoms with Crippen LogP contribution in [-0.2, 0) is 17.9 Å². The largest absolute Gasteiger partial charge is 0.487 e. The van der Waals surface area contributed by atoms with Crippen LogP contribution in [0, 0.1) is 13.8 Å². The van der Waals surface area contributed by atoms with Crippen molar-refractivity contribution < 1.29 is 14.3 Å². The number of pyridine rings is 1. The fourth-order valence-corrected chi connectivity index (χ4v) is 5.04. The molecule has 1 aliphatic heterocycles.